The van der Waals surface area contributed by atoms with Gasteiger partial charge in [0.15, 0.2) is 6.29 Å². The van der Waals surface area contributed by atoms with Crippen LogP contribution in [-0.2, 0) is 32.2 Å². The summed E-state index contributed by atoms with van der Waals surface area (Å²) in [7, 11) is 2.14. The summed E-state index contributed by atoms with van der Waals surface area (Å²) >= 11 is 0. The lowest BCUT2D eigenvalue weighted by atomic mass is 9.98. The molecule has 0 spiro atoms. The fourth-order valence-corrected chi connectivity index (χ4v) is 6.71. The van der Waals surface area contributed by atoms with Crippen molar-refractivity contribution in [3.8, 4) is 0 Å². The van der Waals surface area contributed by atoms with E-state index in [1.807, 2.05) is 60.7 Å². The Balaban J connectivity index is 1.03. The summed E-state index contributed by atoms with van der Waals surface area (Å²) in [5.41, 5.74) is 12.1. The summed E-state index contributed by atoms with van der Waals surface area (Å²) in [6, 6.07) is 38.3. The first-order valence-corrected chi connectivity index (χ1v) is 18.4. The summed E-state index contributed by atoms with van der Waals surface area (Å²) in [6.45, 7) is 3.34. The van der Waals surface area contributed by atoms with Crippen molar-refractivity contribution in [1.82, 2.24) is 10.2 Å². The zero-order valence-electron chi connectivity index (χ0n) is 30.5. The molecule has 1 heterocycles. The van der Waals surface area contributed by atoms with Crippen LogP contribution in [0.1, 0.15) is 85.3 Å². The lowest BCUT2D eigenvalue weighted by Gasteiger charge is -2.39. The average Bonchev–Trinajstić information content (AvgIpc) is 3.19. The predicted molar refractivity (Wildman–Crippen MR) is 210 cm³/mol. The van der Waals surface area contributed by atoms with Crippen molar-refractivity contribution in [2.75, 3.05) is 24.6 Å². The maximum atomic E-state index is 12.6. The number of carbonyl (C=O) groups excluding carboxylic acids is 2. The summed E-state index contributed by atoms with van der Waals surface area (Å²) in [4.78, 5) is 27.2. The van der Waals surface area contributed by atoms with Crippen molar-refractivity contribution in [1.29, 1.82) is 0 Å². The SMILES string of the molecule is C[C@H](c1ccc2ccccc2c1)N(C)C[C@@H]1C[C@H](c2ccc(CO)cc2)O[C@H](c2ccc(CNC(=O)CCCCC(=O)Nc3ccccc3N)cc2)O1. The number of ether oxygens (including phenoxy) is 2. The normalized spacial score (nSPS) is 17.8. The monoisotopic (exact) mass is 714 g/mol. The minimum atomic E-state index is -0.570. The van der Waals surface area contributed by atoms with Crippen LogP contribution in [0, 0.1) is 0 Å². The highest BCUT2D eigenvalue weighted by molar-refractivity contribution is 5.93. The number of hydrogen-bond acceptors (Lipinski definition) is 7. The van der Waals surface area contributed by atoms with E-state index in [0.717, 1.165) is 28.8 Å². The number of amides is 2. The van der Waals surface area contributed by atoms with E-state index in [2.05, 4.69) is 72.0 Å². The van der Waals surface area contributed by atoms with E-state index in [0.29, 0.717) is 50.0 Å². The highest BCUT2D eigenvalue weighted by Crippen LogP contribution is 2.39. The Morgan fingerprint density at radius 3 is 2.21 bits per heavy atom. The van der Waals surface area contributed by atoms with Crippen LogP contribution in [0.5, 0.6) is 0 Å². The van der Waals surface area contributed by atoms with Crippen LogP contribution >= 0.6 is 0 Å². The van der Waals surface area contributed by atoms with Crippen LogP contribution < -0.4 is 16.4 Å². The van der Waals surface area contributed by atoms with Gasteiger partial charge in [-0.2, -0.15) is 0 Å². The third-order valence-electron chi connectivity index (χ3n) is 10.1. The number of benzene rings is 5. The number of nitrogens with two attached hydrogens (primary N) is 1. The molecule has 0 unspecified atom stereocenters. The third kappa shape index (κ3) is 10.3. The van der Waals surface area contributed by atoms with E-state index >= 15 is 0 Å². The van der Waals surface area contributed by atoms with Gasteiger partial charge in [-0.15, -0.1) is 0 Å². The van der Waals surface area contributed by atoms with Gasteiger partial charge in [-0.05, 0) is 78.0 Å². The molecule has 1 aliphatic heterocycles. The molecule has 2 amide bonds. The zero-order chi connectivity index (χ0) is 37.2. The lowest BCUT2D eigenvalue weighted by molar-refractivity contribution is -0.253. The molecule has 0 bridgehead atoms. The molecule has 1 aliphatic rings. The van der Waals surface area contributed by atoms with Gasteiger partial charge in [0.1, 0.15) is 0 Å². The standard InChI is InChI=1S/C44H50N4O5/c1-30(36-24-23-33-9-3-4-10-37(33)25-36)48(2)28-38-26-41(34-19-17-32(29-49)18-20-34)53-44(52-38)35-21-15-31(16-22-35)27-46-42(50)13-7-8-14-43(51)47-40-12-6-5-11-39(40)45/h3-6,9-12,15-25,30,38,41,44,49H,7-8,13-14,26-29,45H2,1-2H3,(H,46,50)(H,47,51)/t30-,38+,41-,44-/m1/s1. The molecule has 4 atom stereocenters. The quantitative estimate of drug-likeness (QED) is 0.0640. The Bertz CT molecular complexity index is 1970. The molecule has 6 rings (SSSR count). The lowest BCUT2D eigenvalue weighted by Crippen LogP contribution is -2.38. The molecular weight excluding hydrogens is 665 g/mol. The van der Waals surface area contributed by atoms with Crippen LogP contribution in [0.3, 0.4) is 0 Å². The second kappa shape index (κ2) is 18.1. The first-order valence-electron chi connectivity index (χ1n) is 18.4. The number of fused-ring (bicyclic) bond motifs is 1. The molecule has 276 valence electrons. The molecule has 9 heteroatoms. The average molecular weight is 715 g/mol. The zero-order valence-corrected chi connectivity index (χ0v) is 30.5. The fraction of sp³-hybridized carbons (Fsp3) is 0.318. The highest BCUT2D eigenvalue weighted by Gasteiger charge is 2.33. The Morgan fingerprint density at radius 2 is 1.47 bits per heavy atom. The molecule has 0 radical (unpaired) electrons. The maximum absolute atomic E-state index is 12.6. The van der Waals surface area contributed by atoms with Gasteiger partial charge in [-0.3, -0.25) is 14.5 Å². The number of carbonyl (C=O) groups is 2. The topological polar surface area (TPSA) is 126 Å². The van der Waals surface area contributed by atoms with Crippen molar-refractivity contribution in [3.63, 3.8) is 0 Å². The molecule has 1 fully saturated rings. The molecule has 53 heavy (non-hydrogen) atoms. The number of rotatable bonds is 15. The number of nitrogens with zero attached hydrogens (tertiary/aromatic N) is 1. The van der Waals surface area contributed by atoms with Crippen LogP contribution in [-0.4, -0.2) is 41.5 Å². The number of hydrogen-bond donors (Lipinski definition) is 4. The number of nitrogen functional groups attached to an aromatic ring is 1. The van der Waals surface area contributed by atoms with Gasteiger partial charge in [-0.25, -0.2) is 0 Å². The maximum Gasteiger partial charge on any atom is 0.224 e. The Hall–Kier alpha value is -5.06. The number of unbranched alkanes of at least 4 members (excludes halogenated alkanes) is 1. The number of likely N-dealkylation sites (N-methyl/N-ethyl adjacent to an activating group) is 1. The number of para-hydroxylation sites is 2. The molecule has 5 aromatic carbocycles. The predicted octanol–water partition coefficient (Wildman–Crippen LogP) is 7.97. The van der Waals surface area contributed by atoms with Crippen LogP contribution in [0.25, 0.3) is 10.8 Å². The Kier molecular flexibility index (Phi) is 12.9. The summed E-state index contributed by atoms with van der Waals surface area (Å²) < 4.78 is 13.2. The van der Waals surface area contributed by atoms with Crippen LogP contribution in [0.15, 0.2) is 115 Å². The van der Waals surface area contributed by atoms with E-state index in [4.69, 9.17) is 15.2 Å². The van der Waals surface area contributed by atoms with E-state index in [-0.39, 0.29) is 36.7 Å². The van der Waals surface area contributed by atoms with Gasteiger partial charge in [0.2, 0.25) is 11.8 Å². The van der Waals surface area contributed by atoms with Gasteiger partial charge < -0.3 is 30.9 Å². The van der Waals surface area contributed by atoms with Gasteiger partial charge >= 0.3 is 0 Å². The van der Waals surface area contributed by atoms with Crippen molar-refractivity contribution in [2.24, 2.45) is 0 Å². The highest BCUT2D eigenvalue weighted by atomic mass is 16.7. The van der Waals surface area contributed by atoms with E-state index in [1.54, 1.807) is 12.1 Å². The van der Waals surface area contributed by atoms with E-state index in [9.17, 15) is 14.7 Å². The molecule has 0 aliphatic carbocycles. The molecule has 9 nitrogen and oxygen atoms in total. The molecule has 5 N–H and O–H groups in total. The van der Waals surface area contributed by atoms with Gasteiger partial charge in [0.05, 0.1) is 30.2 Å². The van der Waals surface area contributed by atoms with Gasteiger partial charge in [0.25, 0.3) is 0 Å². The van der Waals surface area contributed by atoms with Crippen molar-refractivity contribution >= 4 is 34.0 Å². The Labute approximate surface area is 312 Å². The van der Waals surface area contributed by atoms with Gasteiger partial charge in [0, 0.05) is 44.0 Å². The number of nitrogens with one attached hydrogen (secondary N) is 2. The molecule has 0 saturated carbocycles. The minimum Gasteiger partial charge on any atom is -0.397 e. The van der Waals surface area contributed by atoms with Crippen molar-refractivity contribution < 1.29 is 24.2 Å². The van der Waals surface area contributed by atoms with Gasteiger partial charge in [-0.1, -0.05) is 97.1 Å². The fourth-order valence-electron chi connectivity index (χ4n) is 6.71. The summed E-state index contributed by atoms with van der Waals surface area (Å²) in [6.07, 6.45) is 1.74. The van der Waals surface area contributed by atoms with Crippen LogP contribution in [0.2, 0.25) is 0 Å². The van der Waals surface area contributed by atoms with E-state index < -0.39 is 6.29 Å². The number of aliphatic hydroxyl groups excluding tert-OH is 1. The summed E-state index contributed by atoms with van der Waals surface area (Å²) in [5.74, 6) is -0.171. The Morgan fingerprint density at radius 1 is 0.811 bits per heavy atom. The second-order valence-electron chi connectivity index (χ2n) is 13.9. The largest absolute Gasteiger partial charge is 0.397 e. The molecular formula is C44H50N4O5. The smallest absolute Gasteiger partial charge is 0.224 e. The van der Waals surface area contributed by atoms with E-state index in [1.165, 1.54) is 16.3 Å². The molecule has 1 saturated heterocycles. The first kappa shape index (κ1) is 37.7. The minimum absolute atomic E-state index is 0.00536. The van der Waals surface area contributed by atoms with Crippen molar-refractivity contribution in [2.45, 2.75) is 76.7 Å². The molecule has 5 aromatic rings. The summed E-state index contributed by atoms with van der Waals surface area (Å²) in [5, 5.41) is 17.9. The molecule has 0 aromatic heterocycles. The number of anilines is 2. The first-order chi connectivity index (χ1) is 25.7. The second-order valence-corrected chi connectivity index (χ2v) is 13.9. The van der Waals surface area contributed by atoms with Crippen LogP contribution in [0.4, 0.5) is 11.4 Å². The third-order valence-corrected chi connectivity index (χ3v) is 10.1. The van der Waals surface area contributed by atoms with Crippen molar-refractivity contribution in [3.05, 3.63) is 143 Å². The number of aliphatic hydroxyl groups is 1.